The molecule has 1 fully saturated rings. The minimum Gasteiger partial charge on any atom is -0.354 e. The van der Waals surface area contributed by atoms with Gasteiger partial charge in [-0.15, -0.1) is 12.4 Å². The lowest BCUT2D eigenvalue weighted by Gasteiger charge is -2.39. The zero-order chi connectivity index (χ0) is 14.6. The van der Waals surface area contributed by atoms with E-state index in [0.717, 1.165) is 12.1 Å². The second-order valence-electron chi connectivity index (χ2n) is 6.21. The number of hydrogen-bond donors (Lipinski definition) is 2. The molecule has 118 valence electrons. The first kappa shape index (κ1) is 18.3. The van der Waals surface area contributed by atoms with Gasteiger partial charge in [0, 0.05) is 17.6 Å². The van der Waals surface area contributed by atoms with Crippen LogP contribution in [0.4, 0.5) is 0 Å². The van der Waals surface area contributed by atoms with Crippen LogP contribution in [0.2, 0.25) is 5.02 Å². The Labute approximate surface area is 138 Å². The van der Waals surface area contributed by atoms with E-state index in [0.29, 0.717) is 24.0 Å². The van der Waals surface area contributed by atoms with Gasteiger partial charge in [-0.05, 0) is 42.5 Å². The Kier molecular flexibility index (Phi) is 6.98. The van der Waals surface area contributed by atoms with Crippen LogP contribution in [0.5, 0.6) is 0 Å². The molecule has 0 radical (unpaired) electrons. The number of benzene rings is 1. The fraction of sp³-hybridized carbons (Fsp3) is 0.562. The molecule has 1 aromatic rings. The predicted molar refractivity (Wildman–Crippen MR) is 90.2 cm³/mol. The molecule has 0 bridgehead atoms. The summed E-state index contributed by atoms with van der Waals surface area (Å²) >= 11 is 5.92. The van der Waals surface area contributed by atoms with E-state index in [1.165, 1.54) is 12.8 Å². The van der Waals surface area contributed by atoms with Crippen molar-refractivity contribution in [2.45, 2.75) is 39.2 Å². The highest BCUT2D eigenvalue weighted by Crippen LogP contribution is 2.29. The summed E-state index contributed by atoms with van der Waals surface area (Å²) in [7, 11) is 0. The van der Waals surface area contributed by atoms with E-state index in [9.17, 15) is 4.79 Å². The van der Waals surface area contributed by atoms with Crippen molar-refractivity contribution in [1.82, 2.24) is 10.6 Å². The Morgan fingerprint density at radius 3 is 2.90 bits per heavy atom. The lowest BCUT2D eigenvalue weighted by molar-refractivity contribution is -0.120. The van der Waals surface area contributed by atoms with Crippen molar-refractivity contribution in [3.8, 4) is 0 Å². The van der Waals surface area contributed by atoms with E-state index in [4.69, 9.17) is 11.6 Å². The van der Waals surface area contributed by atoms with Crippen LogP contribution in [0.3, 0.4) is 0 Å². The van der Waals surface area contributed by atoms with Crippen molar-refractivity contribution in [2.75, 3.05) is 13.1 Å². The molecule has 2 rings (SSSR count). The number of hydrogen-bond acceptors (Lipinski definition) is 2. The highest BCUT2D eigenvalue weighted by molar-refractivity contribution is 6.30. The first-order chi connectivity index (χ1) is 9.47. The highest BCUT2D eigenvalue weighted by atomic mass is 35.5. The van der Waals surface area contributed by atoms with Gasteiger partial charge in [-0.3, -0.25) is 4.79 Å². The lowest BCUT2D eigenvalue weighted by atomic mass is 9.77. The van der Waals surface area contributed by atoms with Crippen LogP contribution in [0.1, 0.15) is 32.3 Å². The third-order valence-corrected chi connectivity index (χ3v) is 4.32. The summed E-state index contributed by atoms with van der Waals surface area (Å²) in [5, 5.41) is 7.20. The Balaban J connectivity index is 0.00000220. The van der Waals surface area contributed by atoms with E-state index in [2.05, 4.69) is 24.5 Å². The van der Waals surface area contributed by atoms with Crippen LogP contribution >= 0.6 is 24.0 Å². The number of carbonyl (C=O) groups excluding carboxylic acids is 1. The van der Waals surface area contributed by atoms with Crippen LogP contribution in [-0.2, 0) is 11.2 Å². The minimum absolute atomic E-state index is 0. The zero-order valence-corrected chi connectivity index (χ0v) is 14.2. The SMILES string of the molecule is CC1(C)CCCNC1CNC(=O)Cc1cccc(Cl)c1.Cl. The Morgan fingerprint density at radius 1 is 1.48 bits per heavy atom. The maximum atomic E-state index is 12.0. The topological polar surface area (TPSA) is 41.1 Å². The summed E-state index contributed by atoms with van der Waals surface area (Å²) in [6, 6.07) is 7.80. The maximum absolute atomic E-state index is 12.0. The molecule has 5 heteroatoms. The second-order valence-corrected chi connectivity index (χ2v) is 6.65. The zero-order valence-electron chi connectivity index (χ0n) is 12.6. The molecule has 3 nitrogen and oxygen atoms in total. The van der Waals surface area contributed by atoms with Gasteiger partial charge in [0.15, 0.2) is 0 Å². The molecule has 1 heterocycles. The van der Waals surface area contributed by atoms with Gasteiger partial charge in [0.25, 0.3) is 0 Å². The van der Waals surface area contributed by atoms with E-state index < -0.39 is 0 Å². The first-order valence-electron chi connectivity index (χ1n) is 7.22. The maximum Gasteiger partial charge on any atom is 0.224 e. The number of piperidine rings is 1. The van der Waals surface area contributed by atoms with Gasteiger partial charge in [-0.1, -0.05) is 37.6 Å². The summed E-state index contributed by atoms with van der Waals surface area (Å²) in [6.45, 7) is 6.24. The van der Waals surface area contributed by atoms with Gasteiger partial charge in [-0.25, -0.2) is 0 Å². The molecular formula is C16H24Cl2N2O. The second kappa shape index (κ2) is 8.02. The van der Waals surface area contributed by atoms with E-state index in [1.54, 1.807) is 0 Å². The van der Waals surface area contributed by atoms with Crippen molar-refractivity contribution in [3.05, 3.63) is 34.9 Å². The molecule has 0 aliphatic carbocycles. The Morgan fingerprint density at radius 2 is 2.24 bits per heavy atom. The van der Waals surface area contributed by atoms with Crippen LogP contribution < -0.4 is 10.6 Å². The summed E-state index contributed by atoms with van der Waals surface area (Å²) in [4.78, 5) is 12.0. The summed E-state index contributed by atoms with van der Waals surface area (Å²) in [5.41, 5.74) is 1.19. The summed E-state index contributed by atoms with van der Waals surface area (Å²) < 4.78 is 0. The van der Waals surface area contributed by atoms with Gasteiger partial charge < -0.3 is 10.6 Å². The molecule has 0 saturated carbocycles. The number of amides is 1. The van der Waals surface area contributed by atoms with Crippen LogP contribution in [0, 0.1) is 5.41 Å². The van der Waals surface area contributed by atoms with Crippen molar-refractivity contribution in [1.29, 1.82) is 0 Å². The van der Waals surface area contributed by atoms with E-state index in [1.807, 2.05) is 24.3 Å². The molecule has 1 aliphatic heterocycles. The molecule has 2 N–H and O–H groups in total. The molecule has 0 spiro atoms. The highest BCUT2D eigenvalue weighted by Gasteiger charge is 2.31. The minimum atomic E-state index is 0. The largest absolute Gasteiger partial charge is 0.354 e. The first-order valence-corrected chi connectivity index (χ1v) is 7.60. The van der Waals surface area contributed by atoms with Gasteiger partial charge >= 0.3 is 0 Å². The standard InChI is InChI=1S/C16H23ClN2O.ClH/c1-16(2)7-4-8-18-14(16)11-19-15(20)10-12-5-3-6-13(17)9-12;/h3,5-6,9,14,18H,4,7-8,10-11H2,1-2H3,(H,19,20);1H. The van der Waals surface area contributed by atoms with Crippen LogP contribution in [0.25, 0.3) is 0 Å². The molecule has 1 aromatic carbocycles. The molecule has 1 saturated heterocycles. The quantitative estimate of drug-likeness (QED) is 0.890. The monoisotopic (exact) mass is 330 g/mol. The number of rotatable bonds is 4. The molecule has 1 unspecified atom stereocenters. The number of nitrogens with one attached hydrogen (secondary N) is 2. The molecular weight excluding hydrogens is 307 g/mol. The van der Waals surface area contributed by atoms with Gasteiger partial charge in [0.05, 0.1) is 6.42 Å². The molecule has 1 amide bonds. The number of halogens is 2. The fourth-order valence-corrected chi connectivity index (χ4v) is 2.94. The molecule has 1 aliphatic rings. The van der Waals surface area contributed by atoms with E-state index >= 15 is 0 Å². The number of carbonyl (C=O) groups is 1. The average molecular weight is 331 g/mol. The van der Waals surface area contributed by atoms with Crippen molar-refractivity contribution >= 4 is 29.9 Å². The smallest absolute Gasteiger partial charge is 0.224 e. The Bertz CT molecular complexity index is 477. The normalized spacial score (nSPS) is 20.4. The molecule has 0 aromatic heterocycles. The van der Waals surface area contributed by atoms with Gasteiger partial charge in [0.1, 0.15) is 0 Å². The van der Waals surface area contributed by atoms with E-state index in [-0.39, 0.29) is 23.7 Å². The van der Waals surface area contributed by atoms with Crippen LogP contribution in [0.15, 0.2) is 24.3 Å². The third-order valence-electron chi connectivity index (χ3n) is 4.09. The fourth-order valence-electron chi connectivity index (χ4n) is 2.73. The average Bonchev–Trinajstić information content (AvgIpc) is 2.37. The summed E-state index contributed by atoms with van der Waals surface area (Å²) in [6.07, 6.45) is 2.79. The van der Waals surface area contributed by atoms with Crippen LogP contribution in [-0.4, -0.2) is 25.0 Å². The lowest BCUT2D eigenvalue weighted by Crippen LogP contribution is -2.52. The third kappa shape index (κ3) is 5.50. The molecule has 1 atom stereocenters. The predicted octanol–water partition coefficient (Wildman–Crippen LogP) is 3.20. The van der Waals surface area contributed by atoms with Crippen molar-refractivity contribution in [3.63, 3.8) is 0 Å². The van der Waals surface area contributed by atoms with Gasteiger partial charge in [-0.2, -0.15) is 0 Å². The molecule has 21 heavy (non-hydrogen) atoms. The van der Waals surface area contributed by atoms with Crippen molar-refractivity contribution in [2.24, 2.45) is 5.41 Å². The van der Waals surface area contributed by atoms with Gasteiger partial charge in [0.2, 0.25) is 5.91 Å². The van der Waals surface area contributed by atoms with Crippen molar-refractivity contribution < 1.29 is 4.79 Å². The Hall–Kier alpha value is -0.770. The summed E-state index contributed by atoms with van der Waals surface area (Å²) in [5.74, 6) is 0.0513.